The molecule has 4 N–H and O–H groups in total. The molecular weight excluding hydrogens is 420 g/mol. The number of benzene rings is 3. The Bertz CT molecular complexity index is 1190. The van der Waals surface area contributed by atoms with Crippen LogP contribution < -0.4 is 15.4 Å². The largest absolute Gasteiger partial charge is 0.478 e. The molecule has 0 radical (unpaired) electrons. The van der Waals surface area contributed by atoms with Crippen molar-refractivity contribution < 1.29 is 19.4 Å². The maximum Gasteiger partial charge on any atom is 0.345 e. The molecule has 0 bridgehead atoms. The summed E-state index contributed by atoms with van der Waals surface area (Å²) in [6.07, 6.45) is 2.59. The Labute approximate surface area is 190 Å². The van der Waals surface area contributed by atoms with Crippen molar-refractivity contribution >= 4 is 29.2 Å². The fraction of sp³-hybridized carbons (Fsp3) is 0.0800. The lowest BCUT2D eigenvalue weighted by molar-refractivity contribution is -0.145. The van der Waals surface area contributed by atoms with Crippen LogP contribution in [0.5, 0.6) is 5.75 Å². The van der Waals surface area contributed by atoms with Gasteiger partial charge in [0, 0.05) is 35.8 Å². The van der Waals surface area contributed by atoms with E-state index in [1.807, 2.05) is 30.3 Å². The highest BCUT2D eigenvalue weighted by atomic mass is 16.5. The van der Waals surface area contributed by atoms with E-state index < -0.39 is 12.1 Å². The summed E-state index contributed by atoms with van der Waals surface area (Å²) in [6.45, 7) is 0. The number of carbonyl (C=O) groups is 2. The van der Waals surface area contributed by atoms with Gasteiger partial charge in [0.2, 0.25) is 5.95 Å². The molecule has 1 aromatic heterocycles. The predicted molar refractivity (Wildman–Crippen MR) is 125 cm³/mol. The smallest absolute Gasteiger partial charge is 0.345 e. The molecule has 0 fully saturated rings. The van der Waals surface area contributed by atoms with Crippen molar-refractivity contribution in [1.82, 2.24) is 9.97 Å². The van der Waals surface area contributed by atoms with Gasteiger partial charge in [0.15, 0.2) is 6.10 Å². The van der Waals surface area contributed by atoms with Crippen molar-refractivity contribution in [3.8, 4) is 5.75 Å². The average Bonchev–Trinajstić information content (AvgIpc) is 3.34. The number of H-pyrrole nitrogens is 1. The van der Waals surface area contributed by atoms with E-state index in [0.717, 1.165) is 11.3 Å². The van der Waals surface area contributed by atoms with E-state index in [9.17, 15) is 14.7 Å². The van der Waals surface area contributed by atoms with Gasteiger partial charge in [-0.15, -0.1) is 0 Å². The summed E-state index contributed by atoms with van der Waals surface area (Å²) in [6, 6.07) is 22.9. The third-order valence-corrected chi connectivity index (χ3v) is 4.84. The number of aliphatic carboxylic acids is 1. The molecular formula is C25H22N4O4. The highest BCUT2D eigenvalue weighted by Crippen LogP contribution is 2.20. The van der Waals surface area contributed by atoms with E-state index in [0.29, 0.717) is 22.9 Å². The summed E-state index contributed by atoms with van der Waals surface area (Å²) in [5.74, 6) is -0.282. The van der Waals surface area contributed by atoms with Crippen LogP contribution >= 0.6 is 0 Å². The zero-order valence-corrected chi connectivity index (χ0v) is 17.6. The number of rotatable bonds is 9. The van der Waals surface area contributed by atoms with E-state index in [2.05, 4.69) is 20.6 Å². The molecule has 0 spiro atoms. The Hall–Kier alpha value is -4.59. The minimum atomic E-state index is -1.04. The van der Waals surface area contributed by atoms with Crippen LogP contribution in [0.3, 0.4) is 0 Å². The number of hydrogen-bond donors (Lipinski definition) is 4. The first-order chi connectivity index (χ1) is 16.1. The van der Waals surface area contributed by atoms with Gasteiger partial charge in [0.25, 0.3) is 5.91 Å². The molecule has 8 heteroatoms. The first-order valence-corrected chi connectivity index (χ1v) is 10.3. The second-order valence-electron chi connectivity index (χ2n) is 7.25. The Morgan fingerprint density at radius 2 is 1.64 bits per heavy atom. The lowest BCUT2D eigenvalue weighted by Crippen LogP contribution is -2.29. The number of nitrogens with one attached hydrogen (secondary N) is 3. The van der Waals surface area contributed by atoms with Crippen molar-refractivity contribution in [3.05, 3.63) is 102 Å². The second kappa shape index (κ2) is 10.1. The Morgan fingerprint density at radius 1 is 0.939 bits per heavy atom. The number of carbonyl (C=O) groups excluding carboxylic acids is 1. The fourth-order valence-corrected chi connectivity index (χ4v) is 3.17. The first kappa shape index (κ1) is 21.6. The van der Waals surface area contributed by atoms with Crippen molar-refractivity contribution in [1.29, 1.82) is 0 Å². The van der Waals surface area contributed by atoms with Crippen LogP contribution in [-0.4, -0.2) is 33.1 Å². The summed E-state index contributed by atoms with van der Waals surface area (Å²) in [5, 5.41) is 15.4. The second-order valence-corrected chi connectivity index (χ2v) is 7.25. The minimum Gasteiger partial charge on any atom is -0.478 e. The van der Waals surface area contributed by atoms with E-state index in [-0.39, 0.29) is 12.3 Å². The number of aromatic amines is 1. The number of carboxylic acids is 1. The fourth-order valence-electron chi connectivity index (χ4n) is 3.17. The molecule has 33 heavy (non-hydrogen) atoms. The summed E-state index contributed by atoms with van der Waals surface area (Å²) < 4.78 is 5.65. The molecule has 4 aromatic rings. The SMILES string of the molecule is O=C(Nc1ccc(OC(Cc2ccccc2)C(=O)O)cc1)c1ccc(Nc2ncc[nH]2)cc1. The van der Waals surface area contributed by atoms with E-state index >= 15 is 0 Å². The number of hydrogen-bond acceptors (Lipinski definition) is 5. The van der Waals surface area contributed by atoms with Gasteiger partial charge in [-0.1, -0.05) is 30.3 Å². The average molecular weight is 442 g/mol. The molecule has 0 aliphatic carbocycles. The zero-order valence-electron chi connectivity index (χ0n) is 17.6. The molecule has 0 aliphatic heterocycles. The lowest BCUT2D eigenvalue weighted by Gasteiger charge is -2.15. The van der Waals surface area contributed by atoms with Gasteiger partial charge in [0.05, 0.1) is 0 Å². The lowest BCUT2D eigenvalue weighted by atomic mass is 10.1. The van der Waals surface area contributed by atoms with Crippen molar-refractivity contribution in [2.45, 2.75) is 12.5 Å². The van der Waals surface area contributed by atoms with Gasteiger partial charge in [-0.2, -0.15) is 0 Å². The molecule has 1 heterocycles. The summed E-state index contributed by atoms with van der Waals surface area (Å²) in [4.78, 5) is 31.2. The summed E-state index contributed by atoms with van der Waals surface area (Å²) in [7, 11) is 0. The van der Waals surface area contributed by atoms with E-state index in [1.165, 1.54) is 0 Å². The topological polar surface area (TPSA) is 116 Å². The van der Waals surface area contributed by atoms with Crippen LogP contribution in [0.4, 0.5) is 17.3 Å². The molecule has 166 valence electrons. The maximum absolute atomic E-state index is 12.5. The Morgan fingerprint density at radius 3 is 2.27 bits per heavy atom. The van der Waals surface area contributed by atoms with Gasteiger partial charge in [-0.3, -0.25) is 4.79 Å². The van der Waals surface area contributed by atoms with Crippen LogP contribution in [0.1, 0.15) is 15.9 Å². The Kier molecular flexibility index (Phi) is 6.65. The highest BCUT2D eigenvalue weighted by Gasteiger charge is 2.20. The number of nitrogens with zero attached hydrogens (tertiary/aromatic N) is 1. The number of anilines is 3. The quantitative estimate of drug-likeness (QED) is 0.304. The molecule has 8 nitrogen and oxygen atoms in total. The first-order valence-electron chi connectivity index (χ1n) is 10.3. The Balaban J connectivity index is 1.34. The molecule has 3 aromatic carbocycles. The van der Waals surface area contributed by atoms with Crippen molar-refractivity contribution in [3.63, 3.8) is 0 Å². The molecule has 1 amide bonds. The molecule has 1 unspecified atom stereocenters. The summed E-state index contributed by atoms with van der Waals surface area (Å²) >= 11 is 0. The van der Waals surface area contributed by atoms with Crippen LogP contribution in [0, 0.1) is 0 Å². The number of imidazole rings is 1. The van der Waals surface area contributed by atoms with Gasteiger partial charge < -0.3 is 25.5 Å². The van der Waals surface area contributed by atoms with Crippen molar-refractivity contribution in [2.75, 3.05) is 10.6 Å². The number of ether oxygens (including phenoxy) is 1. The van der Waals surface area contributed by atoms with Crippen molar-refractivity contribution in [2.24, 2.45) is 0 Å². The van der Waals surface area contributed by atoms with Crippen LogP contribution in [0.2, 0.25) is 0 Å². The van der Waals surface area contributed by atoms with E-state index in [1.54, 1.807) is 60.9 Å². The standard InChI is InChI=1S/C25H22N4O4/c30-23(18-6-8-20(9-7-18)29-25-26-14-15-27-25)28-19-10-12-21(13-11-19)33-22(24(31)32)16-17-4-2-1-3-5-17/h1-15,22H,16H2,(H,28,30)(H,31,32)(H2,26,27,29). The van der Waals surface area contributed by atoms with Gasteiger partial charge in [0.1, 0.15) is 5.75 Å². The minimum absolute atomic E-state index is 0.249. The molecule has 4 rings (SSSR count). The van der Waals surface area contributed by atoms with Gasteiger partial charge in [-0.25, -0.2) is 9.78 Å². The van der Waals surface area contributed by atoms with Crippen LogP contribution in [0.25, 0.3) is 0 Å². The van der Waals surface area contributed by atoms with Gasteiger partial charge in [-0.05, 0) is 54.1 Å². The monoisotopic (exact) mass is 442 g/mol. The molecule has 0 saturated carbocycles. The third kappa shape index (κ3) is 5.98. The zero-order chi connectivity index (χ0) is 23.0. The number of amides is 1. The highest BCUT2D eigenvalue weighted by molar-refractivity contribution is 6.04. The predicted octanol–water partition coefficient (Wildman–Crippen LogP) is 4.48. The molecule has 1 atom stereocenters. The van der Waals surface area contributed by atoms with E-state index in [4.69, 9.17) is 4.74 Å². The third-order valence-electron chi connectivity index (χ3n) is 4.84. The summed E-state index contributed by atoms with van der Waals surface area (Å²) in [5.41, 5.74) is 2.74. The number of aromatic nitrogens is 2. The number of carboxylic acid groups (broad SMARTS) is 1. The molecule has 0 aliphatic rings. The normalized spacial score (nSPS) is 11.4. The van der Waals surface area contributed by atoms with Crippen LogP contribution in [0.15, 0.2) is 91.3 Å². The molecule has 0 saturated heterocycles. The maximum atomic E-state index is 12.5. The van der Waals surface area contributed by atoms with Crippen LogP contribution in [-0.2, 0) is 11.2 Å². The van der Waals surface area contributed by atoms with Gasteiger partial charge >= 0.3 is 5.97 Å².